The van der Waals surface area contributed by atoms with E-state index in [1.54, 1.807) is 0 Å². The normalized spacial score (nSPS) is 11.7. The van der Waals surface area contributed by atoms with E-state index < -0.39 is 53.7 Å². The Morgan fingerprint density at radius 1 is 0.622 bits per heavy atom. The van der Waals surface area contributed by atoms with Crippen LogP contribution in [0.3, 0.4) is 0 Å². The van der Waals surface area contributed by atoms with Crippen LogP contribution in [0.25, 0.3) is 0 Å². The minimum atomic E-state index is -1.77. The van der Waals surface area contributed by atoms with Crippen molar-refractivity contribution < 1.29 is 49.2 Å². The smallest absolute Gasteiger partial charge is 0.340 e. The quantitative estimate of drug-likeness (QED) is 0.0352. The number of hydrogen-bond acceptors (Lipinski definition) is 6. The number of hydrogen-bond donors (Lipinski definition) is 4. The molecule has 0 heterocycles. The fraction of sp³-hybridized carbons (Fsp3) is 0.697. The van der Waals surface area contributed by atoms with Gasteiger partial charge in [0.25, 0.3) is 5.91 Å². The van der Waals surface area contributed by atoms with Crippen LogP contribution >= 0.6 is 0 Å². The molecule has 2 amide bonds. The Labute approximate surface area is 267 Å². The predicted molar refractivity (Wildman–Crippen MR) is 170 cm³/mol. The Bertz CT molecular complexity index is 979. The van der Waals surface area contributed by atoms with Crippen LogP contribution in [0.4, 0.5) is 0 Å². The molecule has 0 unspecified atom stereocenters. The highest BCUT2D eigenvalue weighted by Crippen LogP contribution is 2.15. The molecule has 0 saturated carbocycles. The van der Waals surface area contributed by atoms with Crippen LogP contribution in [0.1, 0.15) is 122 Å². The number of unbranched alkanes of at least 4 members (excludes halogenated alkanes) is 15. The topological polar surface area (TPSA) is 190 Å². The third kappa shape index (κ3) is 20.8. The molecule has 0 radical (unpaired) electrons. The van der Waals surface area contributed by atoms with E-state index in [1.807, 2.05) is 0 Å². The Kier molecular flexibility index (Phi) is 23.5. The van der Waals surface area contributed by atoms with Crippen LogP contribution in [-0.2, 0) is 28.8 Å². The van der Waals surface area contributed by atoms with Gasteiger partial charge in [0.15, 0.2) is 0 Å². The van der Waals surface area contributed by atoms with Crippen molar-refractivity contribution in [2.45, 2.75) is 129 Å². The SMILES string of the molecule is C=C(C(=O)O)C(=O)N(CCCCCCCCCCCCCCCCCC)CCCN(C(=O)C=CC(=O)O)[C@@H](CC(=O)O)C(=O)O. The van der Waals surface area contributed by atoms with E-state index in [1.165, 1.54) is 75.5 Å². The molecule has 0 aliphatic rings. The van der Waals surface area contributed by atoms with Gasteiger partial charge in [0.1, 0.15) is 11.6 Å². The number of carboxylic acid groups (broad SMARTS) is 4. The Hall–Kier alpha value is -3.70. The maximum Gasteiger partial charge on any atom is 0.340 e. The molecule has 0 aliphatic carbocycles. The third-order valence-electron chi connectivity index (χ3n) is 7.59. The monoisotopic (exact) mass is 638 g/mol. The lowest BCUT2D eigenvalue weighted by atomic mass is 10.0. The van der Waals surface area contributed by atoms with E-state index in [9.17, 15) is 39.0 Å². The van der Waals surface area contributed by atoms with Crippen molar-refractivity contribution in [2.24, 2.45) is 0 Å². The number of nitrogens with zero attached hydrogens (tertiary/aromatic N) is 2. The molecule has 0 fully saturated rings. The van der Waals surface area contributed by atoms with Gasteiger partial charge in [0.2, 0.25) is 5.91 Å². The van der Waals surface area contributed by atoms with Crippen molar-refractivity contribution in [3.63, 3.8) is 0 Å². The summed E-state index contributed by atoms with van der Waals surface area (Å²) in [5.74, 6) is -7.80. The zero-order chi connectivity index (χ0) is 34.0. The van der Waals surface area contributed by atoms with Gasteiger partial charge in [-0.2, -0.15) is 0 Å². The highest BCUT2D eigenvalue weighted by atomic mass is 16.4. The maximum atomic E-state index is 12.8. The average molecular weight is 639 g/mol. The van der Waals surface area contributed by atoms with Gasteiger partial charge >= 0.3 is 23.9 Å². The number of rotatable bonds is 29. The largest absolute Gasteiger partial charge is 0.481 e. The minimum absolute atomic E-state index is 0.00640. The average Bonchev–Trinajstić information content (AvgIpc) is 2.98. The Morgan fingerprint density at radius 3 is 1.47 bits per heavy atom. The third-order valence-corrected chi connectivity index (χ3v) is 7.59. The van der Waals surface area contributed by atoms with Crippen LogP contribution in [0.15, 0.2) is 24.3 Å². The molecule has 12 heteroatoms. The van der Waals surface area contributed by atoms with Gasteiger partial charge in [-0.1, -0.05) is 110 Å². The molecule has 12 nitrogen and oxygen atoms in total. The molecule has 0 aromatic heterocycles. The van der Waals surface area contributed by atoms with Gasteiger partial charge in [0, 0.05) is 31.8 Å². The number of carbonyl (C=O) groups excluding carboxylic acids is 2. The molecule has 0 bridgehead atoms. The predicted octanol–water partition coefficient (Wildman–Crippen LogP) is 5.50. The molecule has 4 N–H and O–H groups in total. The number of aliphatic carboxylic acids is 4. The summed E-state index contributed by atoms with van der Waals surface area (Å²) in [7, 11) is 0. The summed E-state index contributed by atoms with van der Waals surface area (Å²) in [6, 6.07) is -1.77. The van der Waals surface area contributed by atoms with Crippen molar-refractivity contribution in [3.8, 4) is 0 Å². The summed E-state index contributed by atoms with van der Waals surface area (Å²) in [4.78, 5) is 72.5. The Morgan fingerprint density at radius 2 is 1.07 bits per heavy atom. The van der Waals surface area contributed by atoms with E-state index in [4.69, 9.17) is 10.2 Å². The van der Waals surface area contributed by atoms with Crippen molar-refractivity contribution in [1.29, 1.82) is 0 Å². The van der Waals surface area contributed by atoms with Gasteiger partial charge in [-0.15, -0.1) is 0 Å². The fourth-order valence-corrected chi connectivity index (χ4v) is 5.03. The number of carboxylic acids is 4. The lowest BCUT2D eigenvalue weighted by Crippen LogP contribution is -2.47. The van der Waals surface area contributed by atoms with Crippen molar-refractivity contribution >= 4 is 35.7 Å². The first-order valence-corrected chi connectivity index (χ1v) is 16.3. The lowest BCUT2D eigenvalue weighted by molar-refractivity contribution is -0.153. The molecule has 1 atom stereocenters. The van der Waals surface area contributed by atoms with E-state index in [-0.39, 0.29) is 26.1 Å². The van der Waals surface area contributed by atoms with Gasteiger partial charge in [0.05, 0.1) is 6.42 Å². The zero-order valence-electron chi connectivity index (χ0n) is 26.9. The van der Waals surface area contributed by atoms with E-state index in [0.717, 1.165) is 30.6 Å². The van der Waals surface area contributed by atoms with Crippen LogP contribution < -0.4 is 0 Å². The zero-order valence-corrected chi connectivity index (χ0v) is 26.9. The summed E-state index contributed by atoms with van der Waals surface area (Å²) in [6.07, 6.45) is 19.1. The van der Waals surface area contributed by atoms with Crippen molar-refractivity contribution in [1.82, 2.24) is 9.80 Å². The van der Waals surface area contributed by atoms with Gasteiger partial charge in [-0.05, 0) is 12.8 Å². The van der Waals surface area contributed by atoms with Crippen LogP contribution in [-0.4, -0.2) is 91.6 Å². The second-order valence-electron chi connectivity index (χ2n) is 11.4. The summed E-state index contributed by atoms with van der Waals surface area (Å²) < 4.78 is 0. The van der Waals surface area contributed by atoms with Gasteiger partial charge < -0.3 is 30.2 Å². The van der Waals surface area contributed by atoms with E-state index in [0.29, 0.717) is 18.6 Å². The fourth-order valence-electron chi connectivity index (χ4n) is 5.03. The maximum absolute atomic E-state index is 12.8. The first kappa shape index (κ1) is 41.3. The van der Waals surface area contributed by atoms with Crippen molar-refractivity contribution in [2.75, 3.05) is 19.6 Å². The van der Waals surface area contributed by atoms with E-state index >= 15 is 0 Å². The van der Waals surface area contributed by atoms with Crippen LogP contribution in [0.5, 0.6) is 0 Å². The molecule has 0 spiro atoms. The first-order chi connectivity index (χ1) is 21.4. The highest BCUT2D eigenvalue weighted by molar-refractivity contribution is 6.14. The van der Waals surface area contributed by atoms with Gasteiger partial charge in [-0.3, -0.25) is 14.4 Å². The first-order valence-electron chi connectivity index (χ1n) is 16.3. The highest BCUT2D eigenvalue weighted by Gasteiger charge is 2.31. The molecule has 0 aromatic rings. The summed E-state index contributed by atoms with van der Waals surface area (Å²) in [6.45, 7) is 5.44. The van der Waals surface area contributed by atoms with E-state index in [2.05, 4.69) is 13.5 Å². The standard InChI is InChI=1S/C33H54N2O10/c1-3-4-5-6-7-8-9-10-11-12-13-14-15-16-17-18-22-34(31(41)26(2)32(42)43)23-19-24-35(28(36)20-21-29(37)38)27(33(44)45)25-30(39)40/h20-21,27H,2-19,22-25H2,1H3,(H,37,38)(H,39,40)(H,42,43)(H,44,45)/t27-/m0/s1. The molecule has 45 heavy (non-hydrogen) atoms. The second kappa shape index (κ2) is 25.6. The van der Waals surface area contributed by atoms with Crippen LogP contribution in [0.2, 0.25) is 0 Å². The van der Waals surface area contributed by atoms with Crippen LogP contribution in [0, 0.1) is 0 Å². The Balaban J connectivity index is 4.79. The summed E-state index contributed by atoms with van der Waals surface area (Å²) in [5.41, 5.74) is -0.627. The molecular formula is C33H54N2O10. The second-order valence-corrected chi connectivity index (χ2v) is 11.4. The van der Waals surface area contributed by atoms with Crippen molar-refractivity contribution in [3.05, 3.63) is 24.3 Å². The molecule has 0 saturated heterocycles. The lowest BCUT2D eigenvalue weighted by Gasteiger charge is -2.29. The molecule has 0 rings (SSSR count). The summed E-state index contributed by atoms with van der Waals surface area (Å²) in [5, 5.41) is 36.7. The molecule has 0 aliphatic heterocycles. The number of carbonyl (C=O) groups is 6. The number of amides is 2. The molecular weight excluding hydrogens is 584 g/mol. The minimum Gasteiger partial charge on any atom is -0.481 e. The van der Waals surface area contributed by atoms with Gasteiger partial charge in [-0.25, -0.2) is 14.4 Å². The molecule has 0 aromatic carbocycles. The molecule has 256 valence electrons. The summed E-state index contributed by atoms with van der Waals surface area (Å²) >= 11 is 0.